The zero-order valence-corrected chi connectivity index (χ0v) is 11.1. The summed E-state index contributed by atoms with van der Waals surface area (Å²) in [5.74, 6) is 1.67. The van der Waals surface area contributed by atoms with Crippen LogP contribution in [0.3, 0.4) is 0 Å². The highest BCUT2D eigenvalue weighted by molar-refractivity contribution is 5.92. The molecule has 1 saturated carbocycles. The van der Waals surface area contributed by atoms with E-state index in [0.29, 0.717) is 12.5 Å². The molecule has 2 aromatic rings. The van der Waals surface area contributed by atoms with Gasteiger partial charge in [0, 0.05) is 18.1 Å². The second kappa shape index (κ2) is 4.38. The number of aromatic hydroxyl groups is 1. The lowest BCUT2D eigenvalue weighted by Gasteiger charge is -2.30. The van der Waals surface area contributed by atoms with Crippen molar-refractivity contribution in [2.45, 2.75) is 25.3 Å². The van der Waals surface area contributed by atoms with E-state index >= 15 is 0 Å². The van der Waals surface area contributed by atoms with Crippen molar-refractivity contribution in [2.24, 2.45) is 11.7 Å². The number of pyridine rings is 1. The molecular weight excluding hydrogens is 238 g/mol. The van der Waals surface area contributed by atoms with Crippen LogP contribution in [0.5, 0.6) is 5.75 Å². The van der Waals surface area contributed by atoms with E-state index in [0.717, 1.165) is 16.6 Å². The molecule has 0 radical (unpaired) electrons. The van der Waals surface area contributed by atoms with Crippen molar-refractivity contribution in [3.8, 4) is 5.75 Å². The Balaban J connectivity index is 2.02. The van der Waals surface area contributed by atoms with Crippen LogP contribution < -0.4 is 11.1 Å². The summed E-state index contributed by atoms with van der Waals surface area (Å²) < 4.78 is 0. The molecule has 4 N–H and O–H groups in total. The fourth-order valence-electron chi connectivity index (χ4n) is 2.57. The number of rotatable bonds is 4. The Kier molecular flexibility index (Phi) is 2.82. The van der Waals surface area contributed by atoms with Gasteiger partial charge in [-0.1, -0.05) is 6.07 Å². The first kappa shape index (κ1) is 12.2. The van der Waals surface area contributed by atoms with Crippen molar-refractivity contribution < 1.29 is 5.11 Å². The summed E-state index contributed by atoms with van der Waals surface area (Å²) in [4.78, 5) is 4.41. The summed E-state index contributed by atoms with van der Waals surface area (Å²) in [5, 5.41) is 15.1. The number of hydrogen-bond donors (Lipinski definition) is 3. The molecule has 4 nitrogen and oxygen atoms in total. The second-order valence-corrected chi connectivity index (χ2v) is 5.59. The van der Waals surface area contributed by atoms with Gasteiger partial charge in [-0.2, -0.15) is 0 Å². The van der Waals surface area contributed by atoms with Crippen LogP contribution in [0.2, 0.25) is 0 Å². The average molecular weight is 257 g/mol. The molecule has 1 fully saturated rings. The van der Waals surface area contributed by atoms with Crippen LogP contribution in [-0.4, -0.2) is 22.2 Å². The summed E-state index contributed by atoms with van der Waals surface area (Å²) in [6, 6.07) is 7.27. The second-order valence-electron chi connectivity index (χ2n) is 5.59. The van der Waals surface area contributed by atoms with Gasteiger partial charge in [0.05, 0.1) is 5.54 Å². The first-order chi connectivity index (χ1) is 9.12. The maximum absolute atomic E-state index is 9.65. The van der Waals surface area contributed by atoms with Gasteiger partial charge in [0.15, 0.2) is 0 Å². The van der Waals surface area contributed by atoms with Gasteiger partial charge >= 0.3 is 0 Å². The van der Waals surface area contributed by atoms with Crippen molar-refractivity contribution in [3.05, 3.63) is 30.5 Å². The lowest BCUT2D eigenvalue weighted by atomic mass is 9.95. The molecule has 1 unspecified atom stereocenters. The normalized spacial score (nSPS) is 18.2. The molecule has 1 aliphatic rings. The van der Waals surface area contributed by atoms with E-state index in [4.69, 9.17) is 5.73 Å². The molecule has 0 amide bonds. The van der Waals surface area contributed by atoms with Gasteiger partial charge in [0.2, 0.25) is 0 Å². The Labute approximate surface area is 112 Å². The summed E-state index contributed by atoms with van der Waals surface area (Å²) in [6.07, 6.45) is 4.22. The van der Waals surface area contributed by atoms with Gasteiger partial charge in [-0.3, -0.25) is 0 Å². The maximum atomic E-state index is 9.65. The van der Waals surface area contributed by atoms with Crippen molar-refractivity contribution in [1.29, 1.82) is 0 Å². The van der Waals surface area contributed by atoms with E-state index in [2.05, 4.69) is 17.2 Å². The van der Waals surface area contributed by atoms with Crippen molar-refractivity contribution in [3.63, 3.8) is 0 Å². The zero-order valence-electron chi connectivity index (χ0n) is 11.1. The van der Waals surface area contributed by atoms with Crippen LogP contribution in [0.25, 0.3) is 10.8 Å². The van der Waals surface area contributed by atoms with E-state index in [-0.39, 0.29) is 11.3 Å². The molecule has 4 heteroatoms. The number of nitrogens with zero attached hydrogens (tertiary/aromatic N) is 1. The molecule has 0 aliphatic heterocycles. The van der Waals surface area contributed by atoms with Gasteiger partial charge in [0.25, 0.3) is 0 Å². The van der Waals surface area contributed by atoms with Crippen LogP contribution in [0.15, 0.2) is 30.5 Å². The summed E-state index contributed by atoms with van der Waals surface area (Å²) >= 11 is 0. The van der Waals surface area contributed by atoms with Crippen LogP contribution >= 0.6 is 0 Å². The third-order valence-electron chi connectivity index (χ3n) is 4.06. The fourth-order valence-corrected chi connectivity index (χ4v) is 2.57. The Bertz CT molecular complexity index is 609. The summed E-state index contributed by atoms with van der Waals surface area (Å²) in [7, 11) is 0. The maximum Gasteiger partial charge on any atom is 0.134 e. The molecule has 3 rings (SSSR count). The molecule has 1 atom stereocenters. The minimum Gasteiger partial charge on any atom is -0.508 e. The van der Waals surface area contributed by atoms with Gasteiger partial charge in [-0.05, 0) is 49.3 Å². The number of benzene rings is 1. The number of hydrogen-bond acceptors (Lipinski definition) is 4. The van der Waals surface area contributed by atoms with E-state index in [1.54, 1.807) is 18.3 Å². The topological polar surface area (TPSA) is 71.2 Å². The predicted octanol–water partition coefficient (Wildman–Crippen LogP) is 2.48. The van der Waals surface area contributed by atoms with Crippen molar-refractivity contribution in [1.82, 2.24) is 4.98 Å². The molecule has 1 aromatic carbocycles. The van der Waals surface area contributed by atoms with E-state index in [9.17, 15) is 5.11 Å². The molecule has 1 heterocycles. The van der Waals surface area contributed by atoms with E-state index in [1.165, 1.54) is 12.8 Å². The fraction of sp³-hybridized carbons (Fsp3) is 0.400. The van der Waals surface area contributed by atoms with Crippen molar-refractivity contribution in [2.75, 3.05) is 11.9 Å². The van der Waals surface area contributed by atoms with Gasteiger partial charge in [0.1, 0.15) is 11.6 Å². The van der Waals surface area contributed by atoms with Gasteiger partial charge in [-0.15, -0.1) is 0 Å². The number of anilines is 1. The lowest BCUT2D eigenvalue weighted by molar-refractivity contribution is 0.458. The van der Waals surface area contributed by atoms with Crippen LogP contribution in [0, 0.1) is 5.92 Å². The zero-order chi connectivity index (χ0) is 13.5. The van der Waals surface area contributed by atoms with Crippen LogP contribution in [0.4, 0.5) is 5.82 Å². The number of phenols is 1. The molecule has 1 aliphatic carbocycles. The van der Waals surface area contributed by atoms with Crippen LogP contribution in [0.1, 0.15) is 19.8 Å². The SMILES string of the molecule is CC(CN)(Nc1nccc2ccc(O)cc12)C1CC1. The van der Waals surface area contributed by atoms with Gasteiger partial charge < -0.3 is 16.2 Å². The van der Waals surface area contributed by atoms with Crippen molar-refractivity contribution >= 4 is 16.6 Å². The standard InChI is InChI=1S/C15H19N3O/c1-15(9-16,11-3-4-11)18-14-13-8-12(19)5-2-10(13)6-7-17-14/h2,5-8,11,19H,3-4,9,16H2,1H3,(H,17,18). The summed E-state index contributed by atoms with van der Waals surface area (Å²) in [5.41, 5.74) is 5.81. The predicted molar refractivity (Wildman–Crippen MR) is 77.2 cm³/mol. The molecule has 100 valence electrons. The van der Waals surface area contributed by atoms with E-state index < -0.39 is 0 Å². The molecule has 0 spiro atoms. The molecule has 1 aromatic heterocycles. The Morgan fingerprint density at radius 2 is 2.21 bits per heavy atom. The number of phenolic OH excluding ortho intramolecular Hbond substituents is 1. The summed E-state index contributed by atoms with van der Waals surface area (Å²) in [6.45, 7) is 2.72. The quantitative estimate of drug-likeness (QED) is 0.787. The minimum atomic E-state index is -0.118. The Hall–Kier alpha value is -1.81. The lowest BCUT2D eigenvalue weighted by Crippen LogP contribution is -2.44. The van der Waals surface area contributed by atoms with E-state index in [1.807, 2.05) is 12.1 Å². The molecule has 0 bridgehead atoms. The minimum absolute atomic E-state index is 0.118. The van der Waals surface area contributed by atoms with Gasteiger partial charge in [-0.25, -0.2) is 4.98 Å². The number of nitrogens with two attached hydrogens (primary N) is 1. The number of nitrogens with one attached hydrogen (secondary N) is 1. The largest absolute Gasteiger partial charge is 0.508 e. The number of aromatic nitrogens is 1. The Morgan fingerprint density at radius 1 is 1.42 bits per heavy atom. The highest BCUT2D eigenvalue weighted by Crippen LogP contribution is 2.41. The molecular formula is C15H19N3O. The first-order valence-electron chi connectivity index (χ1n) is 6.68. The Morgan fingerprint density at radius 3 is 2.89 bits per heavy atom. The average Bonchev–Trinajstić information content (AvgIpc) is 3.24. The number of fused-ring (bicyclic) bond motifs is 1. The van der Waals surface area contributed by atoms with Crippen LogP contribution in [-0.2, 0) is 0 Å². The first-order valence-corrected chi connectivity index (χ1v) is 6.68. The monoisotopic (exact) mass is 257 g/mol. The third kappa shape index (κ3) is 2.24. The molecule has 0 saturated heterocycles. The highest BCUT2D eigenvalue weighted by atomic mass is 16.3. The highest BCUT2D eigenvalue weighted by Gasteiger charge is 2.40. The molecule has 19 heavy (non-hydrogen) atoms. The third-order valence-corrected chi connectivity index (χ3v) is 4.06. The smallest absolute Gasteiger partial charge is 0.134 e.